The molecular weight excluding hydrogens is 371 g/mol. The Morgan fingerprint density at radius 1 is 1.07 bits per heavy atom. The molecule has 2 aromatic carbocycles. The molecular formula is C18H14FN4O3S-. The first-order valence-corrected chi connectivity index (χ1v) is 9.23. The molecule has 0 spiro atoms. The Morgan fingerprint density at radius 2 is 1.78 bits per heavy atom. The zero-order valence-corrected chi connectivity index (χ0v) is 14.9. The summed E-state index contributed by atoms with van der Waals surface area (Å²) in [5.41, 5.74) is 0.792. The van der Waals surface area contributed by atoms with Crippen molar-refractivity contribution < 1.29 is 17.6 Å². The highest BCUT2D eigenvalue weighted by Crippen LogP contribution is 2.25. The number of nitrogens with zero attached hydrogens (tertiary/aromatic N) is 3. The van der Waals surface area contributed by atoms with E-state index in [9.17, 15) is 17.6 Å². The number of aryl methyl sites for hydroxylation is 1. The molecule has 0 aliphatic heterocycles. The molecule has 138 valence electrons. The van der Waals surface area contributed by atoms with Crippen LogP contribution in [0.15, 0.2) is 65.7 Å². The van der Waals surface area contributed by atoms with E-state index in [4.69, 9.17) is 0 Å². The van der Waals surface area contributed by atoms with Gasteiger partial charge in [-0.1, -0.05) is 18.2 Å². The standard InChI is InChI=1S/C18H15FN4O3S/c1-12-10-11-20-18(21-12)23-27(25,26)14-8-6-13(7-9-14)22-17(24)15-4-2-3-5-16(15)19/h2-11H,1H3,(H2,20,21,22,23,24)/p-1. The van der Waals surface area contributed by atoms with Crippen LogP contribution in [0.25, 0.3) is 4.72 Å². The molecule has 1 amide bonds. The molecule has 0 unspecified atom stereocenters. The number of rotatable bonds is 5. The smallest absolute Gasteiger partial charge is 0.258 e. The number of benzene rings is 2. The van der Waals surface area contributed by atoms with Gasteiger partial charge in [0, 0.05) is 11.6 Å². The Hall–Kier alpha value is -3.33. The maximum atomic E-state index is 13.6. The van der Waals surface area contributed by atoms with Crippen molar-refractivity contribution in [2.75, 3.05) is 5.32 Å². The molecule has 1 heterocycles. The van der Waals surface area contributed by atoms with Gasteiger partial charge >= 0.3 is 0 Å². The van der Waals surface area contributed by atoms with E-state index in [0.717, 1.165) is 0 Å². The first-order chi connectivity index (χ1) is 12.8. The number of anilines is 1. The van der Waals surface area contributed by atoms with Crippen LogP contribution in [0.5, 0.6) is 0 Å². The molecule has 7 nitrogen and oxygen atoms in total. The number of carbonyl (C=O) groups excluding carboxylic acids is 1. The maximum Gasteiger partial charge on any atom is 0.258 e. The van der Waals surface area contributed by atoms with Gasteiger partial charge in [-0.15, -0.1) is 0 Å². The van der Waals surface area contributed by atoms with Gasteiger partial charge in [0.15, 0.2) is 0 Å². The molecule has 3 rings (SSSR count). The molecule has 0 saturated heterocycles. The van der Waals surface area contributed by atoms with Crippen molar-refractivity contribution in [1.82, 2.24) is 9.97 Å². The first kappa shape index (κ1) is 18.5. The van der Waals surface area contributed by atoms with Gasteiger partial charge in [0.1, 0.15) is 5.82 Å². The molecule has 0 radical (unpaired) electrons. The maximum absolute atomic E-state index is 13.6. The summed E-state index contributed by atoms with van der Waals surface area (Å²) in [6.07, 6.45) is 1.41. The lowest BCUT2D eigenvalue weighted by Gasteiger charge is -2.14. The lowest BCUT2D eigenvalue weighted by molar-refractivity contribution is 0.102. The molecule has 0 aliphatic carbocycles. The van der Waals surface area contributed by atoms with E-state index in [2.05, 4.69) is 20.0 Å². The van der Waals surface area contributed by atoms with Gasteiger partial charge in [-0.25, -0.2) is 12.8 Å². The average Bonchev–Trinajstić information content (AvgIpc) is 2.62. The van der Waals surface area contributed by atoms with Crippen LogP contribution in [-0.2, 0) is 10.0 Å². The number of nitrogens with one attached hydrogen (secondary N) is 1. The highest BCUT2D eigenvalue weighted by atomic mass is 32.2. The summed E-state index contributed by atoms with van der Waals surface area (Å²) in [6, 6.07) is 12.5. The molecule has 27 heavy (non-hydrogen) atoms. The van der Waals surface area contributed by atoms with Crippen LogP contribution in [0.4, 0.5) is 16.0 Å². The fourth-order valence-corrected chi connectivity index (χ4v) is 3.08. The monoisotopic (exact) mass is 385 g/mol. The van der Waals surface area contributed by atoms with Gasteiger partial charge in [-0.05, 0) is 55.2 Å². The number of sulfonamides is 1. The first-order valence-electron chi connectivity index (χ1n) is 7.79. The molecule has 0 bridgehead atoms. The molecule has 0 aliphatic rings. The van der Waals surface area contributed by atoms with Gasteiger partial charge in [0.25, 0.3) is 5.91 Å². The van der Waals surface area contributed by atoms with E-state index in [1.165, 1.54) is 48.7 Å². The van der Waals surface area contributed by atoms with Crippen LogP contribution in [0.3, 0.4) is 0 Å². The zero-order chi connectivity index (χ0) is 19.4. The van der Waals surface area contributed by atoms with E-state index in [0.29, 0.717) is 11.4 Å². The summed E-state index contributed by atoms with van der Waals surface area (Å²) in [4.78, 5) is 19.7. The Labute approximate surface area is 155 Å². The third kappa shape index (κ3) is 4.45. The normalized spacial score (nSPS) is 11.0. The van der Waals surface area contributed by atoms with Crippen LogP contribution in [0.1, 0.15) is 16.1 Å². The summed E-state index contributed by atoms with van der Waals surface area (Å²) >= 11 is 0. The van der Waals surface area contributed by atoms with E-state index < -0.39 is 21.7 Å². The van der Waals surface area contributed by atoms with Crippen molar-refractivity contribution >= 4 is 27.6 Å². The van der Waals surface area contributed by atoms with Gasteiger partial charge in [0.2, 0.25) is 10.0 Å². The van der Waals surface area contributed by atoms with Crippen LogP contribution in [0.2, 0.25) is 0 Å². The molecule has 1 N–H and O–H groups in total. The molecule has 9 heteroatoms. The summed E-state index contributed by atoms with van der Waals surface area (Å²) in [6.45, 7) is 1.69. The van der Waals surface area contributed by atoms with Gasteiger partial charge in [0.05, 0.1) is 10.5 Å². The highest BCUT2D eigenvalue weighted by Gasteiger charge is 2.14. The second-order valence-electron chi connectivity index (χ2n) is 5.52. The topological polar surface area (TPSA) is 103 Å². The number of aromatic nitrogens is 2. The average molecular weight is 385 g/mol. The van der Waals surface area contributed by atoms with E-state index in [-0.39, 0.29) is 16.4 Å². The van der Waals surface area contributed by atoms with Crippen LogP contribution < -0.4 is 5.32 Å². The second kappa shape index (κ2) is 7.50. The van der Waals surface area contributed by atoms with Crippen LogP contribution in [-0.4, -0.2) is 24.3 Å². The largest absolute Gasteiger partial charge is 0.366 e. The van der Waals surface area contributed by atoms with Crippen LogP contribution >= 0.6 is 0 Å². The lowest BCUT2D eigenvalue weighted by atomic mass is 10.2. The SMILES string of the molecule is Cc1ccnc([N-]S(=O)(=O)c2ccc(NC(=O)c3ccccc3F)cc2)n1. The van der Waals surface area contributed by atoms with Crippen molar-refractivity contribution in [3.8, 4) is 0 Å². The molecule has 0 atom stereocenters. The third-order valence-electron chi connectivity index (χ3n) is 3.51. The minimum Gasteiger partial charge on any atom is -0.366 e. The quantitative estimate of drug-likeness (QED) is 0.723. The minimum absolute atomic E-state index is 0.0866. The third-order valence-corrected chi connectivity index (χ3v) is 4.78. The number of carbonyl (C=O) groups is 1. The number of hydrogen-bond acceptors (Lipinski definition) is 5. The number of hydrogen-bond donors (Lipinski definition) is 1. The molecule has 1 aromatic heterocycles. The zero-order valence-electron chi connectivity index (χ0n) is 14.1. The van der Waals surface area contributed by atoms with E-state index in [1.807, 2.05) is 0 Å². The second-order valence-corrected chi connectivity index (χ2v) is 7.13. The van der Waals surface area contributed by atoms with Crippen molar-refractivity contribution in [1.29, 1.82) is 0 Å². The summed E-state index contributed by atoms with van der Waals surface area (Å²) in [7, 11) is -4.01. The Morgan fingerprint density at radius 3 is 2.44 bits per heavy atom. The lowest BCUT2D eigenvalue weighted by Crippen LogP contribution is -2.13. The van der Waals surface area contributed by atoms with Crippen molar-refractivity contribution in [2.45, 2.75) is 11.8 Å². The fraction of sp³-hybridized carbons (Fsp3) is 0.0556. The summed E-state index contributed by atoms with van der Waals surface area (Å²) in [5, 5.41) is 2.51. The van der Waals surface area contributed by atoms with Crippen molar-refractivity contribution in [3.63, 3.8) is 0 Å². The number of amides is 1. The Kier molecular flexibility index (Phi) is 5.13. The predicted molar refractivity (Wildman–Crippen MR) is 97.8 cm³/mol. The fourth-order valence-electron chi connectivity index (χ4n) is 2.19. The van der Waals surface area contributed by atoms with Gasteiger partial charge in [-0.3, -0.25) is 9.52 Å². The van der Waals surface area contributed by atoms with Gasteiger partial charge < -0.3 is 15.3 Å². The van der Waals surface area contributed by atoms with E-state index in [1.54, 1.807) is 19.1 Å². The Bertz CT molecular complexity index is 1090. The Balaban J connectivity index is 1.75. The predicted octanol–water partition coefficient (Wildman–Crippen LogP) is 3.57. The van der Waals surface area contributed by atoms with Gasteiger partial charge in [-0.2, -0.15) is 0 Å². The minimum atomic E-state index is -4.01. The molecule has 0 fully saturated rings. The molecule has 3 aromatic rings. The summed E-state index contributed by atoms with van der Waals surface area (Å²) < 4.78 is 41.9. The molecule has 0 saturated carbocycles. The van der Waals surface area contributed by atoms with Crippen LogP contribution in [0, 0.1) is 12.7 Å². The van der Waals surface area contributed by atoms with Crippen molar-refractivity contribution in [3.05, 3.63) is 82.6 Å². The van der Waals surface area contributed by atoms with E-state index >= 15 is 0 Å². The highest BCUT2D eigenvalue weighted by molar-refractivity contribution is 7.94. The number of halogens is 1. The summed E-state index contributed by atoms with van der Waals surface area (Å²) in [5.74, 6) is -1.44. The van der Waals surface area contributed by atoms with Crippen molar-refractivity contribution in [2.24, 2.45) is 0 Å².